The number of esters is 2. The Morgan fingerprint density at radius 1 is 0.889 bits per heavy atom. The zero-order chi connectivity index (χ0) is 12.9. The van der Waals surface area contributed by atoms with Gasteiger partial charge in [0.25, 0.3) is 0 Å². The second kappa shape index (κ2) is 3.83. The summed E-state index contributed by atoms with van der Waals surface area (Å²) < 4.78 is 10.3. The van der Waals surface area contributed by atoms with Gasteiger partial charge in [0.05, 0.1) is 17.7 Å². The summed E-state index contributed by atoms with van der Waals surface area (Å²) in [6.07, 6.45) is 1.57. The number of carbonyl (C=O) groups is 2. The van der Waals surface area contributed by atoms with Crippen molar-refractivity contribution in [2.45, 2.75) is 33.3 Å². The average molecular weight is 246 g/mol. The summed E-state index contributed by atoms with van der Waals surface area (Å²) in [6.45, 7) is 4.47. The molecule has 94 valence electrons. The van der Waals surface area contributed by atoms with E-state index in [-0.39, 0.29) is 18.5 Å². The van der Waals surface area contributed by atoms with Crippen molar-refractivity contribution in [3.63, 3.8) is 0 Å². The third-order valence-corrected chi connectivity index (χ3v) is 3.82. The summed E-state index contributed by atoms with van der Waals surface area (Å²) in [5.41, 5.74) is 4.81. The fraction of sp³-hybridized carbons (Fsp3) is 0.429. The molecule has 2 heterocycles. The molecule has 2 aliphatic rings. The summed E-state index contributed by atoms with van der Waals surface area (Å²) in [4.78, 5) is 23.8. The molecule has 0 spiro atoms. The van der Waals surface area contributed by atoms with Crippen LogP contribution >= 0.6 is 0 Å². The fourth-order valence-electron chi connectivity index (χ4n) is 2.87. The lowest BCUT2D eigenvalue weighted by Crippen LogP contribution is -2.12. The van der Waals surface area contributed by atoms with Crippen LogP contribution in [0.4, 0.5) is 0 Å². The molecule has 0 saturated carbocycles. The molecule has 4 heteroatoms. The Bertz CT molecular complexity index is 572. The summed E-state index contributed by atoms with van der Waals surface area (Å²) >= 11 is 0. The molecule has 0 saturated heterocycles. The summed E-state index contributed by atoms with van der Waals surface area (Å²) in [5, 5.41) is 0. The average Bonchev–Trinajstić information content (AvgIpc) is 2.61. The zero-order valence-corrected chi connectivity index (χ0v) is 10.5. The normalized spacial score (nSPS) is 17.7. The van der Waals surface area contributed by atoms with E-state index >= 15 is 0 Å². The van der Waals surface area contributed by atoms with Crippen LogP contribution in [0, 0.1) is 13.8 Å². The van der Waals surface area contributed by atoms with E-state index in [9.17, 15) is 9.59 Å². The van der Waals surface area contributed by atoms with Crippen LogP contribution in [0.15, 0.2) is 0 Å². The minimum absolute atomic E-state index is 0.265. The monoisotopic (exact) mass is 246 g/mol. The summed E-state index contributed by atoms with van der Waals surface area (Å²) in [6, 6.07) is 0. The Kier molecular flexibility index (Phi) is 2.40. The number of fused-ring (bicyclic) bond motifs is 2. The van der Waals surface area contributed by atoms with Gasteiger partial charge in [-0.05, 0) is 43.4 Å². The SMILES string of the molecule is Cc1c2c(c(C)c3c1C(=O)OCCC3)C(=O)OC2. The Labute approximate surface area is 105 Å². The molecule has 1 aromatic rings. The van der Waals surface area contributed by atoms with E-state index in [0.29, 0.717) is 17.7 Å². The number of hydrogen-bond donors (Lipinski definition) is 0. The van der Waals surface area contributed by atoms with Gasteiger partial charge in [-0.25, -0.2) is 9.59 Å². The lowest BCUT2D eigenvalue weighted by Gasteiger charge is -2.14. The number of rotatable bonds is 0. The fourth-order valence-corrected chi connectivity index (χ4v) is 2.87. The van der Waals surface area contributed by atoms with Gasteiger partial charge < -0.3 is 9.47 Å². The van der Waals surface area contributed by atoms with E-state index < -0.39 is 0 Å². The molecule has 0 aliphatic carbocycles. The minimum atomic E-state index is -0.273. The lowest BCUT2D eigenvalue weighted by molar-refractivity contribution is 0.0511. The van der Waals surface area contributed by atoms with Crippen molar-refractivity contribution in [1.29, 1.82) is 0 Å². The predicted molar refractivity (Wildman–Crippen MR) is 63.6 cm³/mol. The molecule has 0 bridgehead atoms. The highest BCUT2D eigenvalue weighted by Crippen LogP contribution is 2.34. The number of carbonyl (C=O) groups excluding carboxylic acids is 2. The van der Waals surface area contributed by atoms with Gasteiger partial charge in [-0.1, -0.05) is 0 Å². The first kappa shape index (κ1) is 11.3. The number of hydrogen-bond acceptors (Lipinski definition) is 4. The Morgan fingerprint density at radius 3 is 2.28 bits per heavy atom. The van der Waals surface area contributed by atoms with Crippen LogP contribution < -0.4 is 0 Å². The third kappa shape index (κ3) is 1.38. The highest BCUT2D eigenvalue weighted by molar-refractivity contribution is 6.01. The van der Waals surface area contributed by atoms with E-state index in [1.54, 1.807) is 0 Å². The Balaban J connectivity index is 2.34. The minimum Gasteiger partial charge on any atom is -0.462 e. The molecule has 2 aliphatic heterocycles. The second-order valence-corrected chi connectivity index (χ2v) is 4.77. The molecule has 0 radical (unpaired) electrons. The van der Waals surface area contributed by atoms with E-state index in [2.05, 4.69) is 0 Å². The van der Waals surface area contributed by atoms with Gasteiger partial charge in [0.1, 0.15) is 6.61 Å². The first-order valence-electron chi connectivity index (χ1n) is 6.10. The van der Waals surface area contributed by atoms with E-state index in [1.165, 1.54) is 0 Å². The second-order valence-electron chi connectivity index (χ2n) is 4.77. The standard InChI is InChI=1S/C14H14O4/c1-7-9-4-3-5-17-13(15)11(9)8(2)10-6-18-14(16)12(7)10/h3-6H2,1-2H3. The van der Waals surface area contributed by atoms with Crippen molar-refractivity contribution in [3.05, 3.63) is 33.4 Å². The molecule has 1 aromatic carbocycles. The number of benzene rings is 1. The van der Waals surface area contributed by atoms with Gasteiger partial charge in [-0.2, -0.15) is 0 Å². The van der Waals surface area contributed by atoms with Crippen molar-refractivity contribution < 1.29 is 19.1 Å². The maximum Gasteiger partial charge on any atom is 0.339 e. The van der Waals surface area contributed by atoms with Crippen LogP contribution in [0.25, 0.3) is 0 Å². The predicted octanol–water partition coefficient (Wildman–Crippen LogP) is 2.08. The molecule has 0 N–H and O–H groups in total. The zero-order valence-electron chi connectivity index (χ0n) is 10.5. The highest BCUT2D eigenvalue weighted by atomic mass is 16.5. The summed E-state index contributed by atoms with van der Waals surface area (Å²) in [7, 11) is 0. The van der Waals surface area contributed by atoms with Gasteiger partial charge in [0.15, 0.2) is 0 Å². The van der Waals surface area contributed by atoms with E-state index in [4.69, 9.17) is 9.47 Å². The first-order chi connectivity index (χ1) is 8.61. The highest BCUT2D eigenvalue weighted by Gasteiger charge is 2.32. The van der Waals surface area contributed by atoms with Crippen LogP contribution in [0.3, 0.4) is 0 Å². The van der Waals surface area contributed by atoms with Gasteiger partial charge >= 0.3 is 11.9 Å². The molecular formula is C14H14O4. The van der Waals surface area contributed by atoms with Crippen molar-refractivity contribution in [2.24, 2.45) is 0 Å². The molecule has 4 nitrogen and oxygen atoms in total. The molecule has 18 heavy (non-hydrogen) atoms. The number of cyclic esters (lactones) is 2. The maximum absolute atomic E-state index is 12.0. The molecule has 0 amide bonds. The van der Waals surface area contributed by atoms with Gasteiger partial charge in [0.2, 0.25) is 0 Å². The molecule has 0 unspecified atom stereocenters. The van der Waals surface area contributed by atoms with E-state index in [1.807, 2.05) is 13.8 Å². The molecular weight excluding hydrogens is 232 g/mol. The van der Waals surface area contributed by atoms with Gasteiger partial charge in [-0.15, -0.1) is 0 Å². The van der Waals surface area contributed by atoms with Crippen LogP contribution in [0.1, 0.15) is 49.4 Å². The number of ether oxygens (including phenoxy) is 2. The molecule has 3 rings (SSSR count). The molecule has 0 fully saturated rings. The first-order valence-corrected chi connectivity index (χ1v) is 6.10. The van der Waals surface area contributed by atoms with E-state index in [0.717, 1.165) is 35.1 Å². The quantitative estimate of drug-likeness (QED) is 0.658. The third-order valence-electron chi connectivity index (χ3n) is 3.82. The molecule has 0 aromatic heterocycles. The van der Waals surface area contributed by atoms with Crippen molar-refractivity contribution >= 4 is 11.9 Å². The van der Waals surface area contributed by atoms with Crippen molar-refractivity contribution in [1.82, 2.24) is 0 Å². The van der Waals surface area contributed by atoms with Crippen molar-refractivity contribution in [3.8, 4) is 0 Å². The largest absolute Gasteiger partial charge is 0.462 e. The van der Waals surface area contributed by atoms with Crippen LogP contribution in [-0.4, -0.2) is 18.5 Å². The van der Waals surface area contributed by atoms with Crippen LogP contribution in [-0.2, 0) is 22.5 Å². The Morgan fingerprint density at radius 2 is 1.50 bits per heavy atom. The van der Waals surface area contributed by atoms with Gasteiger partial charge in [-0.3, -0.25) is 0 Å². The van der Waals surface area contributed by atoms with Crippen LogP contribution in [0.2, 0.25) is 0 Å². The Hall–Kier alpha value is -1.84. The van der Waals surface area contributed by atoms with Gasteiger partial charge in [0, 0.05) is 5.56 Å². The molecule has 0 atom stereocenters. The van der Waals surface area contributed by atoms with Crippen LogP contribution in [0.5, 0.6) is 0 Å². The lowest BCUT2D eigenvalue weighted by atomic mass is 9.87. The summed E-state index contributed by atoms with van der Waals surface area (Å²) in [5.74, 6) is -0.545. The topological polar surface area (TPSA) is 52.6 Å². The maximum atomic E-state index is 12.0. The van der Waals surface area contributed by atoms with Crippen molar-refractivity contribution in [2.75, 3.05) is 6.61 Å². The smallest absolute Gasteiger partial charge is 0.339 e.